The minimum atomic E-state index is -0.525. The van der Waals surface area contributed by atoms with Gasteiger partial charge in [0.05, 0.1) is 24.1 Å². The van der Waals surface area contributed by atoms with Crippen LogP contribution >= 0.6 is 0 Å². The second kappa shape index (κ2) is 4.95. The Hall–Kier alpha value is -1.98. The van der Waals surface area contributed by atoms with Crippen molar-refractivity contribution in [1.82, 2.24) is 4.98 Å². The van der Waals surface area contributed by atoms with Gasteiger partial charge < -0.3 is 14.8 Å². The first-order chi connectivity index (χ1) is 8.83. The van der Waals surface area contributed by atoms with E-state index in [9.17, 15) is 4.79 Å². The number of aromatic nitrogens is 1. The molecule has 0 bridgehead atoms. The van der Waals surface area contributed by atoms with Crippen LogP contribution in [0.25, 0.3) is 0 Å². The van der Waals surface area contributed by atoms with Gasteiger partial charge in [-0.25, -0.2) is 9.78 Å². The number of pyridine rings is 1. The number of rotatable bonds is 1. The first-order valence-corrected chi connectivity index (χ1v) is 6.24. The number of nitrogens with zero attached hydrogens (tertiary/aromatic N) is 1. The molecule has 1 amide bonds. The summed E-state index contributed by atoms with van der Waals surface area (Å²) in [6, 6.07) is 1.78. The van der Waals surface area contributed by atoms with E-state index in [-0.39, 0.29) is 6.10 Å². The van der Waals surface area contributed by atoms with Gasteiger partial charge in [0.2, 0.25) is 5.88 Å². The van der Waals surface area contributed by atoms with Gasteiger partial charge in [-0.3, -0.25) is 5.32 Å². The molecule has 0 saturated carbocycles. The number of ether oxygens (including phenoxy) is 2. The second-order valence-electron chi connectivity index (χ2n) is 5.51. The van der Waals surface area contributed by atoms with E-state index in [1.54, 1.807) is 12.3 Å². The zero-order valence-corrected chi connectivity index (χ0v) is 11.6. The quantitative estimate of drug-likeness (QED) is 0.816. The molecule has 0 fully saturated rings. The Morgan fingerprint density at radius 2 is 2.32 bits per heavy atom. The Labute approximate surface area is 112 Å². The highest BCUT2D eigenvalue weighted by Crippen LogP contribution is 2.29. The first-order valence-electron chi connectivity index (χ1n) is 6.24. The van der Waals surface area contributed by atoms with Gasteiger partial charge >= 0.3 is 6.09 Å². The molecular formula is C13H19N3O3. The molecule has 2 heterocycles. The minimum Gasteiger partial charge on any atom is -0.471 e. The highest BCUT2D eigenvalue weighted by molar-refractivity contribution is 5.85. The lowest BCUT2D eigenvalue weighted by Gasteiger charge is -2.24. The molecule has 1 aliphatic heterocycles. The predicted molar refractivity (Wildman–Crippen MR) is 72.7 cm³/mol. The lowest BCUT2D eigenvalue weighted by Crippen LogP contribution is -2.29. The van der Waals surface area contributed by atoms with Gasteiger partial charge in [-0.15, -0.1) is 0 Å². The van der Waals surface area contributed by atoms with Crippen molar-refractivity contribution in [3.8, 4) is 5.88 Å². The van der Waals surface area contributed by atoms with Gasteiger partial charge in [0.25, 0.3) is 0 Å². The molecule has 0 spiro atoms. The van der Waals surface area contributed by atoms with E-state index in [0.717, 1.165) is 5.69 Å². The van der Waals surface area contributed by atoms with Crippen LogP contribution in [0.15, 0.2) is 12.3 Å². The van der Waals surface area contributed by atoms with E-state index in [0.29, 0.717) is 18.1 Å². The zero-order valence-electron chi connectivity index (χ0n) is 11.6. The molecule has 1 aromatic rings. The maximum atomic E-state index is 11.6. The lowest BCUT2D eigenvalue weighted by molar-refractivity contribution is 0.0636. The van der Waals surface area contributed by atoms with Crippen molar-refractivity contribution in [2.75, 3.05) is 17.2 Å². The van der Waals surface area contributed by atoms with E-state index >= 15 is 0 Å². The van der Waals surface area contributed by atoms with Crippen molar-refractivity contribution < 1.29 is 14.3 Å². The highest BCUT2D eigenvalue weighted by atomic mass is 16.6. The maximum Gasteiger partial charge on any atom is 0.412 e. The molecule has 0 radical (unpaired) electrons. The van der Waals surface area contributed by atoms with E-state index in [1.807, 2.05) is 27.7 Å². The van der Waals surface area contributed by atoms with Crippen LogP contribution in [0.4, 0.5) is 16.2 Å². The van der Waals surface area contributed by atoms with Crippen LogP contribution in [0.5, 0.6) is 5.88 Å². The van der Waals surface area contributed by atoms with Crippen molar-refractivity contribution in [3.05, 3.63) is 12.3 Å². The molecule has 2 N–H and O–H groups in total. The van der Waals surface area contributed by atoms with E-state index in [1.165, 1.54) is 0 Å². The van der Waals surface area contributed by atoms with Gasteiger partial charge in [-0.2, -0.15) is 0 Å². The highest BCUT2D eigenvalue weighted by Gasteiger charge is 2.19. The van der Waals surface area contributed by atoms with Gasteiger partial charge in [0.1, 0.15) is 11.7 Å². The molecule has 0 saturated heterocycles. The van der Waals surface area contributed by atoms with Crippen LogP contribution in [0.2, 0.25) is 0 Å². The van der Waals surface area contributed by atoms with Crippen LogP contribution in [-0.2, 0) is 4.74 Å². The summed E-state index contributed by atoms with van der Waals surface area (Å²) in [6.07, 6.45) is 1.13. The normalized spacial score (nSPS) is 17.8. The Morgan fingerprint density at radius 3 is 3.00 bits per heavy atom. The molecular weight excluding hydrogens is 246 g/mol. The Bertz CT molecular complexity index is 483. The van der Waals surface area contributed by atoms with Crippen LogP contribution in [0, 0.1) is 0 Å². The van der Waals surface area contributed by atoms with E-state index in [2.05, 4.69) is 15.6 Å². The summed E-state index contributed by atoms with van der Waals surface area (Å²) < 4.78 is 10.7. The van der Waals surface area contributed by atoms with Crippen molar-refractivity contribution >= 4 is 17.5 Å². The molecule has 6 heteroatoms. The van der Waals surface area contributed by atoms with Gasteiger partial charge in [0.15, 0.2) is 0 Å². The molecule has 104 valence electrons. The standard InChI is InChI=1S/C13H19N3O3/c1-8-6-14-10-5-9(7-15-11(10)18-8)16-12(17)19-13(2,3)4/h5,7-8,14H,6H2,1-4H3,(H,16,17)/t8-/m0/s1. The number of fused-ring (bicyclic) bond motifs is 1. The summed E-state index contributed by atoms with van der Waals surface area (Å²) in [4.78, 5) is 15.8. The monoisotopic (exact) mass is 265 g/mol. The number of amides is 1. The number of carbonyl (C=O) groups is 1. The van der Waals surface area contributed by atoms with Gasteiger partial charge in [0, 0.05) is 0 Å². The van der Waals surface area contributed by atoms with Crippen LogP contribution in [-0.4, -0.2) is 29.3 Å². The third kappa shape index (κ3) is 3.74. The minimum absolute atomic E-state index is 0.0877. The average Bonchev–Trinajstić information content (AvgIpc) is 2.26. The molecule has 1 aromatic heterocycles. The summed E-state index contributed by atoms with van der Waals surface area (Å²) in [5.41, 5.74) is 0.813. The smallest absolute Gasteiger partial charge is 0.412 e. The topological polar surface area (TPSA) is 72.5 Å². The molecule has 1 atom stereocenters. The fourth-order valence-corrected chi connectivity index (χ4v) is 1.65. The maximum absolute atomic E-state index is 11.6. The SMILES string of the molecule is C[C@H]1CNc2cc(NC(=O)OC(C)(C)C)cnc2O1. The summed E-state index contributed by atoms with van der Waals surface area (Å²) in [7, 11) is 0. The van der Waals surface area contributed by atoms with Crippen LogP contribution in [0.1, 0.15) is 27.7 Å². The average molecular weight is 265 g/mol. The van der Waals surface area contributed by atoms with Crippen molar-refractivity contribution in [3.63, 3.8) is 0 Å². The third-order valence-electron chi connectivity index (χ3n) is 2.39. The lowest BCUT2D eigenvalue weighted by atomic mass is 10.2. The summed E-state index contributed by atoms with van der Waals surface area (Å²) >= 11 is 0. The van der Waals surface area contributed by atoms with E-state index < -0.39 is 11.7 Å². The molecule has 0 aliphatic carbocycles. The summed E-state index contributed by atoms with van der Waals surface area (Å²) in [5, 5.41) is 5.84. The van der Waals surface area contributed by atoms with Crippen LogP contribution < -0.4 is 15.4 Å². The fourth-order valence-electron chi connectivity index (χ4n) is 1.65. The Balaban J connectivity index is 2.04. The largest absolute Gasteiger partial charge is 0.471 e. The molecule has 0 unspecified atom stereocenters. The molecule has 19 heavy (non-hydrogen) atoms. The van der Waals surface area contributed by atoms with Gasteiger partial charge in [-0.05, 0) is 33.8 Å². The number of nitrogens with one attached hydrogen (secondary N) is 2. The number of hydrogen-bond donors (Lipinski definition) is 2. The number of anilines is 2. The van der Waals surface area contributed by atoms with Gasteiger partial charge in [-0.1, -0.05) is 0 Å². The van der Waals surface area contributed by atoms with Crippen molar-refractivity contribution in [2.24, 2.45) is 0 Å². The second-order valence-corrected chi connectivity index (χ2v) is 5.51. The fraction of sp³-hybridized carbons (Fsp3) is 0.538. The summed E-state index contributed by atoms with van der Waals surface area (Å²) in [5.74, 6) is 0.550. The molecule has 1 aliphatic rings. The third-order valence-corrected chi connectivity index (χ3v) is 2.39. The molecule has 2 rings (SSSR count). The Kier molecular flexibility index (Phi) is 3.50. The number of carbonyl (C=O) groups excluding carboxylic acids is 1. The Morgan fingerprint density at radius 1 is 1.58 bits per heavy atom. The zero-order chi connectivity index (χ0) is 14.0. The number of hydrogen-bond acceptors (Lipinski definition) is 5. The molecule has 6 nitrogen and oxygen atoms in total. The molecule has 0 aromatic carbocycles. The van der Waals surface area contributed by atoms with Crippen molar-refractivity contribution in [2.45, 2.75) is 39.4 Å². The summed E-state index contributed by atoms with van der Waals surface area (Å²) in [6.45, 7) is 8.12. The van der Waals surface area contributed by atoms with Crippen LogP contribution in [0.3, 0.4) is 0 Å². The van der Waals surface area contributed by atoms with E-state index in [4.69, 9.17) is 9.47 Å². The first kappa shape index (κ1) is 13.5. The predicted octanol–water partition coefficient (Wildman–Crippen LogP) is 2.62. The van der Waals surface area contributed by atoms with Crippen molar-refractivity contribution in [1.29, 1.82) is 0 Å².